The molecule has 2 rings (SSSR count). The molecule has 4 nitrogen and oxygen atoms in total. The SMILES string of the molecule is CNCc1ccccc1OCc1ncccn1. The second-order valence-electron chi connectivity index (χ2n) is 3.59. The van der Waals surface area contributed by atoms with Gasteiger partial charge in [-0.1, -0.05) is 18.2 Å². The summed E-state index contributed by atoms with van der Waals surface area (Å²) in [7, 11) is 1.91. The smallest absolute Gasteiger partial charge is 0.166 e. The van der Waals surface area contributed by atoms with Gasteiger partial charge in [-0.25, -0.2) is 9.97 Å². The zero-order valence-corrected chi connectivity index (χ0v) is 9.76. The third-order valence-corrected chi connectivity index (χ3v) is 2.32. The van der Waals surface area contributed by atoms with Gasteiger partial charge in [-0.05, 0) is 19.2 Å². The monoisotopic (exact) mass is 229 g/mol. The number of para-hydroxylation sites is 1. The van der Waals surface area contributed by atoms with Gasteiger partial charge in [-0.2, -0.15) is 0 Å². The number of aromatic nitrogens is 2. The summed E-state index contributed by atoms with van der Waals surface area (Å²) in [5, 5.41) is 3.11. The fourth-order valence-electron chi connectivity index (χ4n) is 1.53. The van der Waals surface area contributed by atoms with Crippen molar-refractivity contribution in [1.29, 1.82) is 0 Å². The van der Waals surface area contributed by atoms with Crippen LogP contribution >= 0.6 is 0 Å². The van der Waals surface area contributed by atoms with Crippen LogP contribution in [-0.2, 0) is 13.2 Å². The van der Waals surface area contributed by atoms with E-state index in [4.69, 9.17) is 4.74 Å². The molecule has 0 saturated heterocycles. The van der Waals surface area contributed by atoms with Gasteiger partial charge in [0, 0.05) is 24.5 Å². The Balaban J connectivity index is 2.03. The topological polar surface area (TPSA) is 47.0 Å². The van der Waals surface area contributed by atoms with Crippen LogP contribution in [0.5, 0.6) is 5.75 Å². The van der Waals surface area contributed by atoms with Crippen LogP contribution in [-0.4, -0.2) is 17.0 Å². The minimum absolute atomic E-state index is 0.390. The quantitative estimate of drug-likeness (QED) is 0.849. The van der Waals surface area contributed by atoms with Crippen LogP contribution in [0.25, 0.3) is 0 Å². The molecule has 1 aromatic heterocycles. The maximum Gasteiger partial charge on any atom is 0.166 e. The minimum atomic E-state index is 0.390. The van der Waals surface area contributed by atoms with Gasteiger partial charge in [0.15, 0.2) is 5.82 Å². The van der Waals surface area contributed by atoms with Crippen LogP contribution in [0.2, 0.25) is 0 Å². The second kappa shape index (κ2) is 5.96. The van der Waals surface area contributed by atoms with E-state index in [-0.39, 0.29) is 0 Å². The summed E-state index contributed by atoms with van der Waals surface area (Å²) in [6, 6.07) is 9.74. The summed E-state index contributed by atoms with van der Waals surface area (Å²) in [5.41, 5.74) is 1.13. The van der Waals surface area contributed by atoms with E-state index >= 15 is 0 Å². The molecule has 0 bridgehead atoms. The molecule has 0 spiro atoms. The Morgan fingerprint density at radius 3 is 2.65 bits per heavy atom. The highest BCUT2D eigenvalue weighted by molar-refractivity contribution is 5.33. The van der Waals surface area contributed by atoms with Crippen molar-refractivity contribution in [3.8, 4) is 5.75 Å². The van der Waals surface area contributed by atoms with Crippen molar-refractivity contribution in [2.24, 2.45) is 0 Å². The van der Waals surface area contributed by atoms with Gasteiger partial charge in [-0.15, -0.1) is 0 Å². The van der Waals surface area contributed by atoms with Crippen molar-refractivity contribution in [2.75, 3.05) is 7.05 Å². The van der Waals surface area contributed by atoms with Crippen LogP contribution in [0.4, 0.5) is 0 Å². The second-order valence-corrected chi connectivity index (χ2v) is 3.59. The Bertz CT molecular complexity index is 459. The number of ether oxygens (including phenoxy) is 1. The number of hydrogen-bond donors (Lipinski definition) is 1. The van der Waals surface area contributed by atoms with E-state index < -0.39 is 0 Å². The molecule has 0 atom stereocenters. The fourth-order valence-corrected chi connectivity index (χ4v) is 1.53. The molecule has 88 valence electrons. The van der Waals surface area contributed by atoms with E-state index in [2.05, 4.69) is 15.3 Å². The van der Waals surface area contributed by atoms with E-state index in [1.165, 1.54) is 0 Å². The van der Waals surface area contributed by atoms with E-state index in [1.54, 1.807) is 18.5 Å². The first kappa shape index (κ1) is 11.5. The molecule has 0 unspecified atom stereocenters. The van der Waals surface area contributed by atoms with Crippen LogP contribution in [0, 0.1) is 0 Å². The molecule has 4 heteroatoms. The van der Waals surface area contributed by atoms with Crippen molar-refractivity contribution >= 4 is 0 Å². The lowest BCUT2D eigenvalue weighted by molar-refractivity contribution is 0.292. The van der Waals surface area contributed by atoms with Gasteiger partial charge in [-0.3, -0.25) is 0 Å². The Kier molecular flexibility index (Phi) is 4.05. The van der Waals surface area contributed by atoms with Crippen LogP contribution in [0.3, 0.4) is 0 Å². The largest absolute Gasteiger partial charge is 0.485 e. The lowest BCUT2D eigenvalue weighted by Gasteiger charge is -2.10. The predicted octanol–water partition coefficient (Wildman–Crippen LogP) is 1.77. The normalized spacial score (nSPS) is 10.2. The van der Waals surface area contributed by atoms with Gasteiger partial charge in [0.1, 0.15) is 12.4 Å². The third-order valence-electron chi connectivity index (χ3n) is 2.32. The minimum Gasteiger partial charge on any atom is -0.485 e. The van der Waals surface area contributed by atoms with Crippen molar-refractivity contribution in [3.05, 3.63) is 54.1 Å². The van der Waals surface area contributed by atoms with E-state index in [0.717, 1.165) is 17.9 Å². The van der Waals surface area contributed by atoms with Crippen LogP contribution in [0.1, 0.15) is 11.4 Å². The average molecular weight is 229 g/mol. The summed E-state index contributed by atoms with van der Waals surface area (Å²) in [6.07, 6.45) is 3.43. The number of benzene rings is 1. The van der Waals surface area contributed by atoms with Gasteiger partial charge < -0.3 is 10.1 Å². The highest BCUT2D eigenvalue weighted by atomic mass is 16.5. The molecular formula is C13H15N3O. The number of hydrogen-bond acceptors (Lipinski definition) is 4. The molecule has 0 fully saturated rings. The molecule has 0 aliphatic carbocycles. The molecule has 0 aliphatic rings. The molecule has 0 saturated carbocycles. The summed E-state index contributed by atoms with van der Waals surface area (Å²) in [6.45, 7) is 1.17. The molecule has 1 N–H and O–H groups in total. The van der Waals surface area contributed by atoms with Gasteiger partial charge >= 0.3 is 0 Å². The van der Waals surface area contributed by atoms with Gasteiger partial charge in [0.05, 0.1) is 0 Å². The number of rotatable bonds is 5. The van der Waals surface area contributed by atoms with E-state index in [9.17, 15) is 0 Å². The maximum atomic E-state index is 5.71. The molecule has 0 radical (unpaired) electrons. The summed E-state index contributed by atoms with van der Waals surface area (Å²) in [5.74, 6) is 1.56. The maximum absolute atomic E-state index is 5.71. The highest BCUT2D eigenvalue weighted by Crippen LogP contribution is 2.18. The van der Waals surface area contributed by atoms with Crippen molar-refractivity contribution in [2.45, 2.75) is 13.2 Å². The summed E-state index contributed by atoms with van der Waals surface area (Å²) >= 11 is 0. The molecule has 0 aliphatic heterocycles. The van der Waals surface area contributed by atoms with E-state index in [1.807, 2.05) is 31.3 Å². The third kappa shape index (κ3) is 3.26. The van der Waals surface area contributed by atoms with Crippen LogP contribution < -0.4 is 10.1 Å². The molecule has 1 aromatic carbocycles. The van der Waals surface area contributed by atoms with Crippen molar-refractivity contribution < 1.29 is 4.74 Å². The first-order chi connectivity index (χ1) is 8.40. The lowest BCUT2D eigenvalue weighted by atomic mass is 10.2. The van der Waals surface area contributed by atoms with Gasteiger partial charge in [0.25, 0.3) is 0 Å². The van der Waals surface area contributed by atoms with E-state index in [0.29, 0.717) is 12.4 Å². The van der Waals surface area contributed by atoms with Crippen molar-refractivity contribution in [1.82, 2.24) is 15.3 Å². The van der Waals surface area contributed by atoms with Crippen molar-refractivity contribution in [3.63, 3.8) is 0 Å². The molecule has 0 amide bonds. The molecule has 1 heterocycles. The standard InChI is InChI=1S/C13H15N3O/c1-14-9-11-5-2-3-6-12(11)17-10-13-15-7-4-8-16-13/h2-8,14H,9-10H2,1H3. The fraction of sp³-hybridized carbons (Fsp3) is 0.231. The zero-order valence-electron chi connectivity index (χ0n) is 9.76. The first-order valence-corrected chi connectivity index (χ1v) is 5.51. The van der Waals surface area contributed by atoms with Gasteiger partial charge in [0.2, 0.25) is 0 Å². The number of nitrogens with one attached hydrogen (secondary N) is 1. The average Bonchev–Trinajstić information content (AvgIpc) is 2.39. The molecule has 2 aromatic rings. The Labute approximate surface area is 101 Å². The summed E-state index contributed by atoms with van der Waals surface area (Å²) in [4.78, 5) is 8.24. The Morgan fingerprint density at radius 2 is 1.88 bits per heavy atom. The lowest BCUT2D eigenvalue weighted by Crippen LogP contribution is -2.08. The predicted molar refractivity (Wildman–Crippen MR) is 65.6 cm³/mol. The number of nitrogens with zero attached hydrogens (tertiary/aromatic N) is 2. The first-order valence-electron chi connectivity index (χ1n) is 5.51. The van der Waals surface area contributed by atoms with Crippen LogP contribution in [0.15, 0.2) is 42.7 Å². The molecular weight excluding hydrogens is 214 g/mol. The molecule has 17 heavy (non-hydrogen) atoms. The zero-order chi connectivity index (χ0) is 11.9. The Morgan fingerprint density at radius 1 is 1.12 bits per heavy atom. The highest BCUT2D eigenvalue weighted by Gasteiger charge is 2.02. The Hall–Kier alpha value is -1.94. The summed E-state index contributed by atoms with van der Waals surface area (Å²) < 4.78 is 5.71.